The van der Waals surface area contributed by atoms with Crippen molar-refractivity contribution in [1.82, 2.24) is 0 Å². The Hall–Kier alpha value is -2.49. The number of carbonyl (C=O) groups excluding carboxylic acids is 1. The molecule has 0 radical (unpaired) electrons. The maximum Gasteiger partial charge on any atom is 0.224 e. The monoisotopic (exact) mass is 310 g/mol. The van der Waals surface area contributed by atoms with Gasteiger partial charge in [-0.15, -0.1) is 0 Å². The van der Waals surface area contributed by atoms with Crippen LogP contribution in [0.4, 0.5) is 11.4 Å². The van der Waals surface area contributed by atoms with Crippen LogP contribution in [-0.2, 0) is 11.3 Å². The van der Waals surface area contributed by atoms with Crippen LogP contribution >= 0.6 is 0 Å². The van der Waals surface area contributed by atoms with Gasteiger partial charge in [0.1, 0.15) is 5.75 Å². The van der Waals surface area contributed by atoms with Crippen LogP contribution in [0.1, 0.15) is 25.0 Å². The topological polar surface area (TPSA) is 43.8 Å². The summed E-state index contributed by atoms with van der Waals surface area (Å²) in [6.45, 7) is 7.15. The minimum absolute atomic E-state index is 0.0741. The van der Waals surface area contributed by atoms with Crippen LogP contribution in [0.3, 0.4) is 0 Å². The normalized spacial score (nSPS) is 17.1. The van der Waals surface area contributed by atoms with E-state index in [1.165, 1.54) is 0 Å². The smallest absolute Gasteiger partial charge is 0.224 e. The van der Waals surface area contributed by atoms with Gasteiger partial charge < -0.3 is 14.9 Å². The fourth-order valence-corrected chi connectivity index (χ4v) is 3.34. The lowest BCUT2D eigenvalue weighted by Gasteiger charge is -2.42. The standard InChI is InChI=1S/C19H22N2O2/c1-13-10-16(8-9-19(13)23)12-20-11-14(2)21(15(3)22)18-7-5-4-6-17(18)20/h4-10,14,23H,11-12H2,1-3H3. The number of aromatic hydroxyl groups is 1. The lowest BCUT2D eigenvalue weighted by molar-refractivity contribution is -0.117. The lowest BCUT2D eigenvalue weighted by atomic mass is 10.1. The number of nitrogens with zero attached hydrogens (tertiary/aromatic N) is 2. The third-order valence-corrected chi connectivity index (χ3v) is 4.38. The largest absolute Gasteiger partial charge is 0.508 e. The summed E-state index contributed by atoms with van der Waals surface area (Å²) < 4.78 is 0. The van der Waals surface area contributed by atoms with E-state index in [0.29, 0.717) is 5.75 Å². The number of amides is 1. The van der Waals surface area contributed by atoms with Crippen molar-refractivity contribution >= 4 is 17.3 Å². The van der Waals surface area contributed by atoms with Gasteiger partial charge >= 0.3 is 0 Å². The molecular weight excluding hydrogens is 288 g/mol. The number of aryl methyl sites for hydroxylation is 1. The Morgan fingerprint density at radius 1 is 1.22 bits per heavy atom. The summed E-state index contributed by atoms with van der Waals surface area (Å²) >= 11 is 0. The van der Waals surface area contributed by atoms with Crippen LogP contribution in [0, 0.1) is 6.92 Å². The molecule has 2 aromatic carbocycles. The number of carbonyl (C=O) groups is 1. The maximum absolute atomic E-state index is 12.0. The molecule has 0 spiro atoms. The molecule has 2 aromatic rings. The van der Waals surface area contributed by atoms with Crippen molar-refractivity contribution in [2.45, 2.75) is 33.4 Å². The number of para-hydroxylation sites is 2. The van der Waals surface area contributed by atoms with E-state index in [9.17, 15) is 9.90 Å². The summed E-state index contributed by atoms with van der Waals surface area (Å²) in [5.41, 5.74) is 4.07. The summed E-state index contributed by atoms with van der Waals surface area (Å²) in [5.74, 6) is 0.397. The van der Waals surface area contributed by atoms with Crippen LogP contribution < -0.4 is 9.80 Å². The number of anilines is 2. The number of hydrogen-bond acceptors (Lipinski definition) is 3. The summed E-state index contributed by atoms with van der Waals surface area (Å²) in [7, 11) is 0. The molecule has 4 heteroatoms. The predicted octanol–water partition coefficient (Wildman–Crippen LogP) is 3.46. The van der Waals surface area contributed by atoms with Gasteiger partial charge in [-0.2, -0.15) is 0 Å². The lowest BCUT2D eigenvalue weighted by Crippen LogP contribution is -2.49. The highest BCUT2D eigenvalue weighted by molar-refractivity contribution is 5.97. The molecule has 23 heavy (non-hydrogen) atoms. The van der Waals surface area contributed by atoms with E-state index in [-0.39, 0.29) is 11.9 Å². The molecular formula is C19H22N2O2. The highest BCUT2D eigenvalue weighted by Gasteiger charge is 2.30. The first kappa shape index (κ1) is 15.4. The zero-order chi connectivity index (χ0) is 16.6. The van der Waals surface area contributed by atoms with Crippen molar-refractivity contribution < 1.29 is 9.90 Å². The van der Waals surface area contributed by atoms with Crippen molar-refractivity contribution in [3.63, 3.8) is 0 Å². The van der Waals surface area contributed by atoms with Crippen LogP contribution in [0.5, 0.6) is 5.75 Å². The van der Waals surface area contributed by atoms with Gasteiger partial charge in [0.15, 0.2) is 0 Å². The quantitative estimate of drug-likeness (QED) is 0.924. The summed E-state index contributed by atoms with van der Waals surface area (Å²) in [5, 5.41) is 9.69. The highest BCUT2D eigenvalue weighted by Crippen LogP contribution is 2.36. The van der Waals surface area contributed by atoms with Gasteiger partial charge in [-0.05, 0) is 43.2 Å². The molecule has 0 fully saturated rings. The Labute approximate surface area is 137 Å². The van der Waals surface area contributed by atoms with Gasteiger partial charge in [0.05, 0.1) is 17.4 Å². The third kappa shape index (κ3) is 2.89. The fourth-order valence-electron chi connectivity index (χ4n) is 3.34. The first-order valence-electron chi connectivity index (χ1n) is 7.89. The molecule has 0 aromatic heterocycles. The van der Waals surface area contributed by atoms with Crippen LogP contribution in [-0.4, -0.2) is 23.6 Å². The SMILES string of the molecule is CC(=O)N1c2ccccc2N(Cc2ccc(O)c(C)c2)CC1C. The second kappa shape index (κ2) is 5.95. The zero-order valence-corrected chi connectivity index (χ0v) is 13.8. The molecule has 0 aliphatic carbocycles. The third-order valence-electron chi connectivity index (χ3n) is 4.38. The Morgan fingerprint density at radius 3 is 2.57 bits per heavy atom. The second-order valence-electron chi connectivity index (χ2n) is 6.23. The molecule has 1 aliphatic rings. The van der Waals surface area contributed by atoms with Gasteiger partial charge in [0, 0.05) is 20.0 Å². The van der Waals surface area contributed by atoms with E-state index in [0.717, 1.165) is 35.6 Å². The zero-order valence-electron chi connectivity index (χ0n) is 13.8. The molecule has 0 saturated heterocycles. The Bertz CT molecular complexity index is 742. The molecule has 1 N–H and O–H groups in total. The van der Waals surface area contributed by atoms with E-state index in [1.54, 1.807) is 13.0 Å². The van der Waals surface area contributed by atoms with E-state index < -0.39 is 0 Å². The number of phenols is 1. The van der Waals surface area contributed by atoms with Gasteiger partial charge in [0.25, 0.3) is 0 Å². The van der Waals surface area contributed by atoms with Crippen LogP contribution in [0.25, 0.3) is 0 Å². The minimum Gasteiger partial charge on any atom is -0.508 e. The van der Waals surface area contributed by atoms with Crippen molar-refractivity contribution in [3.05, 3.63) is 53.6 Å². The van der Waals surface area contributed by atoms with Gasteiger partial charge in [-0.25, -0.2) is 0 Å². The molecule has 4 nitrogen and oxygen atoms in total. The van der Waals surface area contributed by atoms with E-state index in [4.69, 9.17) is 0 Å². The van der Waals surface area contributed by atoms with Gasteiger partial charge in [0.2, 0.25) is 5.91 Å². The summed E-state index contributed by atoms with van der Waals surface area (Å²) in [6.07, 6.45) is 0. The number of benzene rings is 2. The summed E-state index contributed by atoms with van der Waals surface area (Å²) in [6, 6.07) is 13.9. The van der Waals surface area contributed by atoms with Crippen LogP contribution in [0.15, 0.2) is 42.5 Å². The molecule has 0 saturated carbocycles. The molecule has 1 amide bonds. The molecule has 1 aliphatic heterocycles. The van der Waals surface area contributed by atoms with E-state index in [1.807, 2.05) is 42.2 Å². The average molecular weight is 310 g/mol. The average Bonchev–Trinajstić information content (AvgIpc) is 2.50. The first-order chi connectivity index (χ1) is 11.0. The van der Waals surface area contributed by atoms with Gasteiger partial charge in [-0.1, -0.05) is 24.3 Å². The minimum atomic E-state index is 0.0741. The number of hydrogen-bond donors (Lipinski definition) is 1. The van der Waals surface area contributed by atoms with Gasteiger partial charge in [-0.3, -0.25) is 4.79 Å². The molecule has 3 rings (SSSR count). The van der Waals surface area contributed by atoms with Crippen molar-refractivity contribution in [1.29, 1.82) is 0 Å². The maximum atomic E-state index is 12.0. The van der Waals surface area contributed by atoms with Crippen LogP contribution in [0.2, 0.25) is 0 Å². The predicted molar refractivity (Wildman–Crippen MR) is 93.0 cm³/mol. The Balaban J connectivity index is 1.95. The number of phenolic OH excluding ortho intramolecular Hbond substituents is 1. The Kier molecular flexibility index (Phi) is 3.99. The van der Waals surface area contributed by atoms with Crippen molar-refractivity contribution in [3.8, 4) is 5.75 Å². The number of rotatable bonds is 2. The molecule has 1 atom stereocenters. The molecule has 1 heterocycles. The van der Waals surface area contributed by atoms with E-state index in [2.05, 4.69) is 17.9 Å². The number of fused-ring (bicyclic) bond motifs is 1. The van der Waals surface area contributed by atoms with E-state index >= 15 is 0 Å². The molecule has 1 unspecified atom stereocenters. The van der Waals surface area contributed by atoms with Crippen molar-refractivity contribution in [2.24, 2.45) is 0 Å². The molecule has 120 valence electrons. The first-order valence-corrected chi connectivity index (χ1v) is 7.89. The summed E-state index contributed by atoms with van der Waals surface area (Å²) in [4.78, 5) is 16.2. The van der Waals surface area contributed by atoms with Crippen molar-refractivity contribution in [2.75, 3.05) is 16.3 Å². The second-order valence-corrected chi connectivity index (χ2v) is 6.23. The Morgan fingerprint density at radius 2 is 1.91 bits per heavy atom. The highest BCUT2D eigenvalue weighted by atomic mass is 16.3. The fraction of sp³-hybridized carbons (Fsp3) is 0.316. The molecule has 0 bridgehead atoms.